The molecule has 1 atom stereocenters. The molecule has 1 aliphatic rings. The molecule has 30 heavy (non-hydrogen) atoms. The summed E-state index contributed by atoms with van der Waals surface area (Å²) in [6, 6.07) is 9.29. The molecule has 8 heteroatoms. The highest BCUT2D eigenvalue weighted by atomic mass is 35.5. The predicted molar refractivity (Wildman–Crippen MR) is 112 cm³/mol. The lowest BCUT2D eigenvalue weighted by atomic mass is 9.96. The van der Waals surface area contributed by atoms with Gasteiger partial charge < -0.3 is 14.6 Å². The van der Waals surface area contributed by atoms with Crippen molar-refractivity contribution in [2.75, 3.05) is 6.54 Å². The second kappa shape index (κ2) is 8.51. The summed E-state index contributed by atoms with van der Waals surface area (Å²) in [4.78, 5) is 35.3. The maximum absolute atomic E-state index is 12.9. The van der Waals surface area contributed by atoms with Gasteiger partial charge in [-0.3, -0.25) is 14.6 Å². The van der Waals surface area contributed by atoms with Crippen LogP contribution < -0.4 is 0 Å². The molecule has 1 aromatic carbocycles. The topological polar surface area (TPSA) is 88.3 Å². The third-order valence-corrected chi connectivity index (χ3v) is 5.31. The monoisotopic (exact) mass is 422 g/mol. The van der Waals surface area contributed by atoms with Gasteiger partial charge in [-0.2, -0.15) is 0 Å². The molecule has 1 amide bonds. The van der Waals surface area contributed by atoms with E-state index in [1.165, 1.54) is 4.90 Å². The summed E-state index contributed by atoms with van der Waals surface area (Å²) in [5.41, 5.74) is 1.20. The average molecular weight is 423 g/mol. The summed E-state index contributed by atoms with van der Waals surface area (Å²) in [5.74, 6) is -1.55. The first-order chi connectivity index (χ1) is 14.6. The van der Waals surface area contributed by atoms with Crippen molar-refractivity contribution >= 4 is 29.1 Å². The summed E-state index contributed by atoms with van der Waals surface area (Å²) >= 11 is 5.93. The number of pyridine rings is 1. The highest BCUT2D eigenvalue weighted by Gasteiger charge is 2.45. The Morgan fingerprint density at radius 2 is 1.73 bits per heavy atom. The van der Waals surface area contributed by atoms with E-state index in [2.05, 4.69) is 9.97 Å². The number of carbonyl (C=O) groups excluding carboxylic acids is 2. The van der Waals surface area contributed by atoms with Crippen molar-refractivity contribution in [3.63, 3.8) is 0 Å². The first kappa shape index (κ1) is 19.8. The third-order valence-electron chi connectivity index (χ3n) is 5.05. The average Bonchev–Trinajstić information content (AvgIpc) is 3.37. The van der Waals surface area contributed by atoms with Crippen LogP contribution in [0.25, 0.3) is 5.76 Å². The Morgan fingerprint density at radius 1 is 1.00 bits per heavy atom. The van der Waals surface area contributed by atoms with Gasteiger partial charge >= 0.3 is 0 Å². The van der Waals surface area contributed by atoms with Gasteiger partial charge in [0.1, 0.15) is 5.76 Å². The van der Waals surface area contributed by atoms with Crippen molar-refractivity contribution < 1.29 is 14.7 Å². The number of aryl methyl sites for hydroxylation is 1. The van der Waals surface area contributed by atoms with Gasteiger partial charge in [-0.15, -0.1) is 0 Å². The van der Waals surface area contributed by atoms with E-state index in [1.54, 1.807) is 61.3 Å². The minimum Gasteiger partial charge on any atom is -0.507 e. The van der Waals surface area contributed by atoms with Gasteiger partial charge in [0, 0.05) is 48.5 Å². The minimum absolute atomic E-state index is 0.0659. The van der Waals surface area contributed by atoms with Gasteiger partial charge in [-0.1, -0.05) is 11.6 Å². The number of amides is 1. The quantitative estimate of drug-likeness (QED) is 0.373. The van der Waals surface area contributed by atoms with Gasteiger partial charge in [0.2, 0.25) is 0 Å². The van der Waals surface area contributed by atoms with Crippen LogP contribution in [0.3, 0.4) is 0 Å². The van der Waals surface area contributed by atoms with Crippen molar-refractivity contribution in [1.82, 2.24) is 19.4 Å². The molecule has 0 bridgehead atoms. The molecule has 1 N–H and O–H groups in total. The lowest BCUT2D eigenvalue weighted by molar-refractivity contribution is -0.139. The van der Waals surface area contributed by atoms with Crippen LogP contribution >= 0.6 is 11.6 Å². The smallest absolute Gasteiger partial charge is 0.295 e. The molecule has 1 saturated heterocycles. The molecule has 1 unspecified atom stereocenters. The fourth-order valence-corrected chi connectivity index (χ4v) is 3.73. The first-order valence-electron chi connectivity index (χ1n) is 9.46. The van der Waals surface area contributed by atoms with Crippen LogP contribution in [0.5, 0.6) is 0 Å². The number of carbonyl (C=O) groups is 2. The normalized spacial score (nSPS) is 18.2. The van der Waals surface area contributed by atoms with Gasteiger partial charge in [-0.25, -0.2) is 4.98 Å². The molecular formula is C22H19ClN4O3. The lowest BCUT2D eigenvalue weighted by Crippen LogP contribution is -2.31. The van der Waals surface area contributed by atoms with E-state index in [9.17, 15) is 14.7 Å². The molecule has 3 heterocycles. The van der Waals surface area contributed by atoms with E-state index >= 15 is 0 Å². The molecule has 0 radical (unpaired) electrons. The number of aliphatic hydroxyl groups excluding tert-OH is 1. The number of benzene rings is 1. The summed E-state index contributed by atoms with van der Waals surface area (Å²) in [6.07, 6.45) is 9.07. The van der Waals surface area contributed by atoms with Gasteiger partial charge in [0.25, 0.3) is 11.7 Å². The number of hydrogen-bond acceptors (Lipinski definition) is 5. The van der Waals surface area contributed by atoms with Gasteiger partial charge in [0.15, 0.2) is 0 Å². The molecule has 7 nitrogen and oxygen atoms in total. The van der Waals surface area contributed by atoms with E-state index in [0.29, 0.717) is 35.7 Å². The Kier molecular flexibility index (Phi) is 5.63. The highest BCUT2D eigenvalue weighted by molar-refractivity contribution is 6.46. The molecule has 0 aliphatic carbocycles. The standard InChI is InChI=1S/C22H19ClN4O3/c23-17-4-2-16(3-5-17)20(28)18-19(15-6-8-24-9-7-15)27(22(30)21(18)29)12-1-11-26-13-10-25-14-26/h2-10,13-14,19,28H,1,11-12H2/b20-18+. The number of nitrogens with zero attached hydrogens (tertiary/aromatic N) is 4. The number of likely N-dealkylation sites (tertiary alicyclic amines) is 1. The number of rotatable bonds is 6. The molecule has 3 aromatic rings. The van der Waals surface area contributed by atoms with E-state index < -0.39 is 17.7 Å². The zero-order chi connectivity index (χ0) is 21.1. The molecule has 2 aromatic heterocycles. The molecule has 0 saturated carbocycles. The Morgan fingerprint density at radius 3 is 2.40 bits per heavy atom. The third kappa shape index (κ3) is 3.84. The molecule has 1 fully saturated rings. The molecule has 1 aliphatic heterocycles. The van der Waals surface area contributed by atoms with Gasteiger partial charge in [-0.05, 0) is 48.4 Å². The first-order valence-corrected chi connectivity index (χ1v) is 9.84. The zero-order valence-corrected chi connectivity index (χ0v) is 16.7. The summed E-state index contributed by atoms with van der Waals surface area (Å²) < 4.78 is 1.91. The van der Waals surface area contributed by atoms with Crippen LogP contribution in [0.1, 0.15) is 23.6 Å². The number of ketones is 1. The summed E-state index contributed by atoms with van der Waals surface area (Å²) in [5, 5.41) is 11.4. The van der Waals surface area contributed by atoms with E-state index in [1.807, 2.05) is 10.8 Å². The number of halogens is 1. The Bertz CT molecular complexity index is 1080. The number of Topliss-reactive ketones (excluding diaryl/α,β-unsaturated/α-hetero) is 1. The van der Waals surface area contributed by atoms with Crippen LogP contribution in [-0.2, 0) is 16.1 Å². The second-order valence-electron chi connectivity index (χ2n) is 6.93. The summed E-state index contributed by atoms with van der Waals surface area (Å²) in [7, 11) is 0. The zero-order valence-electron chi connectivity index (χ0n) is 16.0. The van der Waals surface area contributed by atoms with Crippen molar-refractivity contribution in [2.45, 2.75) is 19.0 Å². The maximum Gasteiger partial charge on any atom is 0.295 e. The van der Waals surface area contributed by atoms with Crippen LogP contribution in [-0.4, -0.2) is 42.8 Å². The van der Waals surface area contributed by atoms with Gasteiger partial charge in [0.05, 0.1) is 17.9 Å². The largest absolute Gasteiger partial charge is 0.507 e. The predicted octanol–water partition coefficient (Wildman–Crippen LogP) is 3.44. The van der Waals surface area contributed by atoms with Crippen LogP contribution in [0, 0.1) is 0 Å². The lowest BCUT2D eigenvalue weighted by Gasteiger charge is -2.25. The Hall–Kier alpha value is -3.45. The van der Waals surface area contributed by atoms with E-state index in [-0.39, 0.29) is 11.3 Å². The van der Waals surface area contributed by atoms with E-state index in [0.717, 1.165) is 0 Å². The number of aromatic nitrogens is 3. The van der Waals surface area contributed by atoms with Crippen LogP contribution in [0.15, 0.2) is 73.1 Å². The van der Waals surface area contributed by atoms with Crippen LogP contribution in [0.4, 0.5) is 0 Å². The number of aliphatic hydroxyl groups is 1. The molecule has 152 valence electrons. The maximum atomic E-state index is 12.9. The second-order valence-corrected chi connectivity index (χ2v) is 7.37. The molecular weight excluding hydrogens is 404 g/mol. The number of imidazole rings is 1. The van der Waals surface area contributed by atoms with E-state index in [4.69, 9.17) is 11.6 Å². The fourth-order valence-electron chi connectivity index (χ4n) is 3.61. The van der Waals surface area contributed by atoms with Crippen LogP contribution in [0.2, 0.25) is 5.02 Å². The van der Waals surface area contributed by atoms with Crippen molar-refractivity contribution in [2.24, 2.45) is 0 Å². The molecule has 4 rings (SSSR count). The van der Waals surface area contributed by atoms with Crippen molar-refractivity contribution in [3.8, 4) is 0 Å². The fraction of sp³-hybridized carbons (Fsp3) is 0.182. The Balaban J connectivity index is 1.71. The van der Waals surface area contributed by atoms with Crippen molar-refractivity contribution in [3.05, 3.63) is 89.2 Å². The minimum atomic E-state index is -0.702. The molecule has 0 spiro atoms. The van der Waals surface area contributed by atoms with Crippen molar-refractivity contribution in [1.29, 1.82) is 0 Å². The highest BCUT2D eigenvalue weighted by Crippen LogP contribution is 2.39. The SMILES string of the molecule is O=C1C(=O)N(CCCn2ccnc2)C(c2ccncc2)/C1=C(\O)c1ccc(Cl)cc1. The number of hydrogen-bond donors (Lipinski definition) is 1. The summed E-state index contributed by atoms with van der Waals surface area (Å²) in [6.45, 7) is 1.01. The Labute approximate surface area is 178 Å².